The van der Waals surface area contributed by atoms with Gasteiger partial charge in [0.05, 0.1) is 24.9 Å². The highest BCUT2D eigenvalue weighted by Crippen LogP contribution is 2.23. The number of methoxy groups -OCH3 is 1. The molecule has 104 valence electrons. The molecule has 1 fully saturated rings. The number of ether oxygens (including phenoxy) is 2. The summed E-state index contributed by atoms with van der Waals surface area (Å²) in [6.07, 6.45) is 1.88. The molecule has 0 saturated carbocycles. The SMILES string of the molecule is COc1cc(C(=O)NC2(C)CCCOC2)ccc1N. The van der Waals surface area contributed by atoms with Gasteiger partial charge in [0, 0.05) is 12.2 Å². The highest BCUT2D eigenvalue weighted by Gasteiger charge is 2.29. The van der Waals surface area contributed by atoms with Crippen molar-refractivity contribution >= 4 is 11.6 Å². The third-order valence-corrected chi connectivity index (χ3v) is 3.35. The zero-order valence-corrected chi connectivity index (χ0v) is 11.4. The quantitative estimate of drug-likeness (QED) is 0.813. The van der Waals surface area contributed by atoms with Gasteiger partial charge in [-0.2, -0.15) is 0 Å². The van der Waals surface area contributed by atoms with Gasteiger partial charge in [0.1, 0.15) is 5.75 Å². The average molecular weight is 264 g/mol. The van der Waals surface area contributed by atoms with Crippen LogP contribution in [0.25, 0.3) is 0 Å². The Hall–Kier alpha value is -1.75. The molecule has 0 radical (unpaired) electrons. The van der Waals surface area contributed by atoms with Gasteiger partial charge in [0.15, 0.2) is 0 Å². The van der Waals surface area contributed by atoms with Crippen molar-refractivity contribution in [2.75, 3.05) is 26.1 Å². The van der Waals surface area contributed by atoms with Gasteiger partial charge < -0.3 is 20.5 Å². The molecule has 5 nitrogen and oxygen atoms in total. The number of hydrogen-bond acceptors (Lipinski definition) is 4. The maximum absolute atomic E-state index is 12.2. The molecule has 5 heteroatoms. The summed E-state index contributed by atoms with van der Waals surface area (Å²) in [5.41, 5.74) is 6.49. The number of carbonyl (C=O) groups is 1. The summed E-state index contributed by atoms with van der Waals surface area (Å²) in [5, 5.41) is 3.02. The van der Waals surface area contributed by atoms with Gasteiger partial charge in [0.2, 0.25) is 0 Å². The van der Waals surface area contributed by atoms with E-state index in [1.165, 1.54) is 7.11 Å². The van der Waals surface area contributed by atoms with Gasteiger partial charge in [-0.3, -0.25) is 4.79 Å². The lowest BCUT2D eigenvalue weighted by Crippen LogP contribution is -2.51. The summed E-state index contributed by atoms with van der Waals surface area (Å²) in [5.74, 6) is 0.379. The molecule has 1 aliphatic rings. The third-order valence-electron chi connectivity index (χ3n) is 3.35. The molecule has 1 amide bonds. The van der Waals surface area contributed by atoms with E-state index in [-0.39, 0.29) is 11.4 Å². The first-order valence-corrected chi connectivity index (χ1v) is 6.38. The first-order chi connectivity index (χ1) is 9.04. The molecule has 1 saturated heterocycles. The molecular weight excluding hydrogens is 244 g/mol. The maximum atomic E-state index is 12.2. The predicted octanol–water partition coefficient (Wildman–Crippen LogP) is 1.58. The maximum Gasteiger partial charge on any atom is 0.251 e. The minimum atomic E-state index is -0.302. The van der Waals surface area contributed by atoms with Gasteiger partial charge in [0.25, 0.3) is 5.91 Å². The lowest BCUT2D eigenvalue weighted by atomic mass is 9.94. The van der Waals surface area contributed by atoms with E-state index in [9.17, 15) is 4.79 Å². The van der Waals surface area contributed by atoms with E-state index >= 15 is 0 Å². The summed E-state index contributed by atoms with van der Waals surface area (Å²) in [6.45, 7) is 3.31. The van der Waals surface area contributed by atoms with Gasteiger partial charge in [-0.15, -0.1) is 0 Å². The van der Waals surface area contributed by atoms with Gasteiger partial charge in [-0.25, -0.2) is 0 Å². The number of rotatable bonds is 3. The Kier molecular flexibility index (Phi) is 3.95. The average Bonchev–Trinajstić information content (AvgIpc) is 2.39. The van der Waals surface area contributed by atoms with E-state index in [4.69, 9.17) is 15.2 Å². The molecule has 1 atom stereocenters. The molecule has 3 N–H and O–H groups in total. The van der Waals surface area contributed by atoms with Crippen molar-refractivity contribution in [1.82, 2.24) is 5.32 Å². The van der Waals surface area contributed by atoms with Crippen LogP contribution in [0.3, 0.4) is 0 Å². The smallest absolute Gasteiger partial charge is 0.251 e. The van der Waals surface area contributed by atoms with E-state index in [0.29, 0.717) is 23.6 Å². The molecule has 1 aromatic carbocycles. The van der Waals surface area contributed by atoms with E-state index in [2.05, 4.69) is 5.32 Å². The van der Waals surface area contributed by atoms with Crippen LogP contribution in [0.5, 0.6) is 5.75 Å². The van der Waals surface area contributed by atoms with Crippen molar-refractivity contribution in [2.24, 2.45) is 0 Å². The highest BCUT2D eigenvalue weighted by atomic mass is 16.5. The summed E-state index contributed by atoms with van der Waals surface area (Å²) in [4.78, 5) is 12.2. The fraction of sp³-hybridized carbons (Fsp3) is 0.500. The van der Waals surface area contributed by atoms with Crippen LogP contribution < -0.4 is 15.8 Å². The summed E-state index contributed by atoms with van der Waals surface area (Å²) >= 11 is 0. The first kappa shape index (κ1) is 13.7. The molecule has 0 aliphatic carbocycles. The lowest BCUT2D eigenvalue weighted by Gasteiger charge is -2.34. The summed E-state index contributed by atoms with van der Waals surface area (Å²) in [6, 6.07) is 5.02. The van der Waals surface area contributed by atoms with Crippen LogP contribution in [0.1, 0.15) is 30.1 Å². The number of nitrogens with two attached hydrogens (primary N) is 1. The number of carbonyl (C=O) groups excluding carboxylic acids is 1. The molecule has 19 heavy (non-hydrogen) atoms. The second kappa shape index (κ2) is 5.48. The van der Waals surface area contributed by atoms with E-state index in [1.807, 2.05) is 6.92 Å². The molecule has 2 rings (SSSR count). The van der Waals surface area contributed by atoms with Crippen LogP contribution in [-0.4, -0.2) is 31.8 Å². The molecule has 0 bridgehead atoms. The van der Waals surface area contributed by atoms with Crippen LogP contribution in [0.2, 0.25) is 0 Å². The van der Waals surface area contributed by atoms with Crippen LogP contribution in [0.4, 0.5) is 5.69 Å². The second-order valence-electron chi connectivity index (χ2n) is 5.13. The lowest BCUT2D eigenvalue weighted by molar-refractivity contribution is 0.0272. The zero-order chi connectivity index (χ0) is 13.9. The fourth-order valence-corrected chi connectivity index (χ4v) is 2.23. The van der Waals surface area contributed by atoms with Crippen molar-refractivity contribution in [3.8, 4) is 5.75 Å². The van der Waals surface area contributed by atoms with Crippen LogP contribution in [-0.2, 0) is 4.74 Å². The largest absolute Gasteiger partial charge is 0.495 e. The van der Waals surface area contributed by atoms with E-state index in [1.54, 1.807) is 18.2 Å². The number of hydrogen-bond donors (Lipinski definition) is 2. The standard InChI is InChI=1S/C14H20N2O3/c1-14(6-3-7-19-9-14)16-13(17)10-4-5-11(15)12(8-10)18-2/h4-5,8H,3,6-7,9,15H2,1-2H3,(H,16,17). The van der Waals surface area contributed by atoms with Crippen molar-refractivity contribution in [1.29, 1.82) is 0 Å². The monoisotopic (exact) mass is 264 g/mol. The fourth-order valence-electron chi connectivity index (χ4n) is 2.23. The van der Waals surface area contributed by atoms with Gasteiger partial charge in [-0.05, 0) is 38.0 Å². The van der Waals surface area contributed by atoms with Crippen LogP contribution in [0.15, 0.2) is 18.2 Å². The topological polar surface area (TPSA) is 73.6 Å². The second-order valence-corrected chi connectivity index (χ2v) is 5.13. The number of anilines is 1. The molecule has 1 heterocycles. The molecule has 1 unspecified atom stereocenters. The van der Waals surface area contributed by atoms with E-state index in [0.717, 1.165) is 19.4 Å². The molecule has 0 spiro atoms. The molecular formula is C14H20N2O3. The zero-order valence-electron chi connectivity index (χ0n) is 11.4. The van der Waals surface area contributed by atoms with Gasteiger partial charge in [-0.1, -0.05) is 0 Å². The van der Waals surface area contributed by atoms with Crippen LogP contribution in [0, 0.1) is 0 Å². The first-order valence-electron chi connectivity index (χ1n) is 6.38. The Labute approximate surface area is 113 Å². The molecule has 0 aromatic heterocycles. The van der Waals surface area contributed by atoms with Crippen molar-refractivity contribution < 1.29 is 14.3 Å². The predicted molar refractivity (Wildman–Crippen MR) is 73.3 cm³/mol. The Morgan fingerprint density at radius 3 is 2.95 bits per heavy atom. The number of nitrogen functional groups attached to an aromatic ring is 1. The van der Waals surface area contributed by atoms with Crippen LogP contribution >= 0.6 is 0 Å². The number of benzene rings is 1. The Morgan fingerprint density at radius 2 is 2.32 bits per heavy atom. The summed E-state index contributed by atoms with van der Waals surface area (Å²) in [7, 11) is 1.53. The van der Waals surface area contributed by atoms with Crippen molar-refractivity contribution in [2.45, 2.75) is 25.3 Å². The highest BCUT2D eigenvalue weighted by molar-refractivity contribution is 5.95. The third kappa shape index (κ3) is 3.17. The molecule has 1 aromatic rings. The summed E-state index contributed by atoms with van der Waals surface area (Å²) < 4.78 is 10.5. The normalized spacial score (nSPS) is 22.8. The van der Waals surface area contributed by atoms with E-state index < -0.39 is 0 Å². The van der Waals surface area contributed by atoms with Crippen molar-refractivity contribution in [3.63, 3.8) is 0 Å². The Bertz CT molecular complexity index is 468. The minimum absolute atomic E-state index is 0.133. The number of nitrogens with one attached hydrogen (secondary N) is 1. The Balaban J connectivity index is 2.11. The minimum Gasteiger partial charge on any atom is -0.495 e. The number of amides is 1. The van der Waals surface area contributed by atoms with Crippen molar-refractivity contribution in [3.05, 3.63) is 23.8 Å². The van der Waals surface area contributed by atoms with Gasteiger partial charge >= 0.3 is 0 Å². The molecule has 1 aliphatic heterocycles. The Morgan fingerprint density at radius 1 is 1.53 bits per heavy atom.